The monoisotopic (exact) mass is 279 g/mol. The van der Waals surface area contributed by atoms with Gasteiger partial charge in [0, 0.05) is 26.3 Å². The molecule has 0 fully saturated rings. The molecule has 0 aliphatic carbocycles. The third kappa shape index (κ3) is 11.0. The summed E-state index contributed by atoms with van der Waals surface area (Å²) in [5.74, 6) is 1.15. The Balaban J connectivity index is 3.68. The molecule has 1 atom stereocenters. The summed E-state index contributed by atoms with van der Waals surface area (Å²) in [5.41, 5.74) is 0. The summed E-state index contributed by atoms with van der Waals surface area (Å²) in [6, 6.07) is 0.390. The van der Waals surface area contributed by atoms with Crippen molar-refractivity contribution in [3.63, 3.8) is 0 Å². The van der Waals surface area contributed by atoms with Crippen LogP contribution in [0.3, 0.4) is 0 Å². The van der Waals surface area contributed by atoms with Crippen molar-refractivity contribution in [2.24, 2.45) is 5.92 Å². The maximum Gasteiger partial charge on any atom is 0.151 e. The molecule has 110 valence electrons. The second kappa shape index (κ2) is 9.75. The first kappa shape index (κ1) is 17.9. The highest BCUT2D eigenvalue weighted by Crippen LogP contribution is 2.06. The van der Waals surface area contributed by atoms with Crippen molar-refractivity contribution >= 4 is 9.84 Å². The maximum atomic E-state index is 11.7. The minimum absolute atomic E-state index is 0.225. The second-order valence-electron chi connectivity index (χ2n) is 5.32. The molecule has 18 heavy (non-hydrogen) atoms. The van der Waals surface area contributed by atoms with Gasteiger partial charge in [-0.25, -0.2) is 8.42 Å². The Hall–Kier alpha value is -0.130. The average molecular weight is 279 g/mol. The van der Waals surface area contributed by atoms with E-state index in [0.717, 1.165) is 6.42 Å². The van der Waals surface area contributed by atoms with Gasteiger partial charge in [-0.05, 0) is 32.1 Å². The topological polar surface area (TPSA) is 55.4 Å². The molecule has 0 bridgehead atoms. The molecule has 4 nitrogen and oxygen atoms in total. The lowest BCUT2D eigenvalue weighted by molar-refractivity contribution is 0.199. The van der Waals surface area contributed by atoms with E-state index in [-0.39, 0.29) is 11.5 Å². The van der Waals surface area contributed by atoms with E-state index in [4.69, 9.17) is 4.74 Å². The van der Waals surface area contributed by atoms with Crippen LogP contribution in [0.25, 0.3) is 0 Å². The number of rotatable bonds is 11. The van der Waals surface area contributed by atoms with Crippen molar-refractivity contribution < 1.29 is 13.2 Å². The van der Waals surface area contributed by atoms with E-state index in [1.807, 2.05) is 0 Å². The van der Waals surface area contributed by atoms with E-state index in [0.29, 0.717) is 31.5 Å². The van der Waals surface area contributed by atoms with Gasteiger partial charge in [0.25, 0.3) is 0 Å². The minimum atomic E-state index is -2.92. The highest BCUT2D eigenvalue weighted by atomic mass is 32.2. The molecule has 0 radical (unpaired) electrons. The molecule has 0 spiro atoms. The van der Waals surface area contributed by atoms with Crippen LogP contribution in [-0.4, -0.2) is 46.2 Å². The Morgan fingerprint density at radius 1 is 1.11 bits per heavy atom. The fourth-order valence-corrected chi connectivity index (χ4v) is 2.86. The smallest absolute Gasteiger partial charge is 0.151 e. The lowest BCUT2D eigenvalue weighted by Gasteiger charge is -2.15. The first-order valence-corrected chi connectivity index (χ1v) is 8.62. The van der Waals surface area contributed by atoms with E-state index in [9.17, 15) is 8.42 Å². The van der Waals surface area contributed by atoms with Gasteiger partial charge in [-0.15, -0.1) is 0 Å². The quantitative estimate of drug-likeness (QED) is 0.587. The zero-order chi connectivity index (χ0) is 14.0. The second-order valence-corrected chi connectivity index (χ2v) is 7.63. The van der Waals surface area contributed by atoms with Crippen molar-refractivity contribution in [2.45, 2.75) is 46.1 Å². The van der Waals surface area contributed by atoms with Crippen LogP contribution in [0, 0.1) is 5.92 Å². The third-order valence-electron chi connectivity index (χ3n) is 2.89. The van der Waals surface area contributed by atoms with Crippen molar-refractivity contribution in [2.75, 3.05) is 31.8 Å². The summed E-state index contributed by atoms with van der Waals surface area (Å²) in [5, 5.41) is 3.27. The van der Waals surface area contributed by atoms with Gasteiger partial charge in [0.05, 0.1) is 11.5 Å². The molecule has 0 amide bonds. The SMILES string of the molecule is COCCCS(=O)(=O)CCNC(C)CCC(C)C. The molecule has 0 aromatic carbocycles. The first-order valence-electron chi connectivity index (χ1n) is 6.80. The van der Waals surface area contributed by atoms with Crippen LogP contribution in [0.15, 0.2) is 0 Å². The minimum Gasteiger partial charge on any atom is -0.385 e. The summed E-state index contributed by atoms with van der Waals surface area (Å²) < 4.78 is 28.2. The van der Waals surface area contributed by atoms with E-state index in [1.165, 1.54) is 6.42 Å². The van der Waals surface area contributed by atoms with Crippen LogP contribution in [0.5, 0.6) is 0 Å². The van der Waals surface area contributed by atoms with Crippen molar-refractivity contribution in [3.05, 3.63) is 0 Å². The molecule has 1 N–H and O–H groups in total. The number of hydrogen-bond acceptors (Lipinski definition) is 4. The predicted octanol–water partition coefficient (Wildman–Crippen LogP) is 1.85. The average Bonchev–Trinajstić information content (AvgIpc) is 2.26. The third-order valence-corrected chi connectivity index (χ3v) is 4.62. The standard InChI is InChI=1S/C13H29NO3S/c1-12(2)6-7-13(3)14-8-11-18(15,16)10-5-9-17-4/h12-14H,5-11H2,1-4H3. The maximum absolute atomic E-state index is 11.7. The summed E-state index contributed by atoms with van der Waals surface area (Å²) in [6.07, 6.45) is 2.86. The number of nitrogens with one attached hydrogen (secondary N) is 1. The molecule has 0 rings (SSSR count). The Bertz CT molecular complexity index is 289. The molecule has 0 aliphatic rings. The highest BCUT2D eigenvalue weighted by molar-refractivity contribution is 7.91. The van der Waals surface area contributed by atoms with Gasteiger partial charge in [0.2, 0.25) is 0 Å². The van der Waals surface area contributed by atoms with E-state index in [1.54, 1.807) is 7.11 Å². The molecule has 0 aromatic heterocycles. The fourth-order valence-electron chi connectivity index (χ4n) is 1.67. The molecule has 0 aromatic rings. The van der Waals surface area contributed by atoms with E-state index < -0.39 is 9.84 Å². The molecule has 1 unspecified atom stereocenters. The predicted molar refractivity (Wildman–Crippen MR) is 76.7 cm³/mol. The van der Waals surface area contributed by atoms with Crippen molar-refractivity contribution in [3.8, 4) is 0 Å². The van der Waals surface area contributed by atoms with Crippen LogP contribution in [0.2, 0.25) is 0 Å². The van der Waals surface area contributed by atoms with Gasteiger partial charge in [-0.3, -0.25) is 0 Å². The van der Waals surface area contributed by atoms with Crippen molar-refractivity contribution in [1.82, 2.24) is 5.32 Å². The molecule has 0 saturated carbocycles. The zero-order valence-corrected chi connectivity index (χ0v) is 13.1. The fraction of sp³-hybridized carbons (Fsp3) is 1.00. The number of sulfone groups is 1. The van der Waals surface area contributed by atoms with E-state index in [2.05, 4.69) is 26.1 Å². The van der Waals surface area contributed by atoms with Gasteiger partial charge in [-0.1, -0.05) is 13.8 Å². The lowest BCUT2D eigenvalue weighted by atomic mass is 10.0. The molecule has 0 heterocycles. The number of ether oxygens (including phenoxy) is 1. The van der Waals surface area contributed by atoms with Crippen LogP contribution >= 0.6 is 0 Å². The van der Waals surface area contributed by atoms with E-state index >= 15 is 0 Å². The van der Waals surface area contributed by atoms with Crippen LogP contribution < -0.4 is 5.32 Å². The Labute approximate surface area is 112 Å². The summed E-state index contributed by atoms with van der Waals surface area (Å²) in [4.78, 5) is 0. The van der Waals surface area contributed by atoms with Gasteiger partial charge >= 0.3 is 0 Å². The van der Waals surface area contributed by atoms with Gasteiger partial charge in [0.1, 0.15) is 0 Å². The zero-order valence-electron chi connectivity index (χ0n) is 12.2. The number of methoxy groups -OCH3 is 1. The van der Waals surface area contributed by atoms with Gasteiger partial charge in [0.15, 0.2) is 9.84 Å². The van der Waals surface area contributed by atoms with Gasteiger partial charge < -0.3 is 10.1 Å². The first-order chi connectivity index (χ1) is 8.37. The van der Waals surface area contributed by atoms with Crippen LogP contribution in [0.4, 0.5) is 0 Å². The van der Waals surface area contributed by atoms with Crippen molar-refractivity contribution in [1.29, 1.82) is 0 Å². The highest BCUT2D eigenvalue weighted by Gasteiger charge is 2.11. The molecule has 5 heteroatoms. The molecular weight excluding hydrogens is 250 g/mol. The normalized spacial score (nSPS) is 14.1. The Morgan fingerprint density at radius 2 is 1.78 bits per heavy atom. The number of hydrogen-bond donors (Lipinski definition) is 1. The summed E-state index contributed by atoms with van der Waals surface area (Å²) in [7, 11) is -1.34. The van der Waals surface area contributed by atoms with Gasteiger partial charge in [-0.2, -0.15) is 0 Å². The lowest BCUT2D eigenvalue weighted by Crippen LogP contribution is -2.32. The van der Waals surface area contributed by atoms with Crippen LogP contribution in [-0.2, 0) is 14.6 Å². The Morgan fingerprint density at radius 3 is 2.33 bits per heavy atom. The largest absolute Gasteiger partial charge is 0.385 e. The Kier molecular flexibility index (Phi) is 9.68. The molecular formula is C13H29NO3S. The van der Waals surface area contributed by atoms with Crippen LogP contribution in [0.1, 0.15) is 40.0 Å². The summed E-state index contributed by atoms with van der Waals surface area (Å²) >= 11 is 0. The molecule has 0 saturated heterocycles. The molecule has 0 aliphatic heterocycles. The summed E-state index contributed by atoms with van der Waals surface area (Å²) in [6.45, 7) is 7.58.